The molecule has 3 aliphatic carbocycles. The van der Waals surface area contributed by atoms with E-state index in [9.17, 15) is 24.3 Å². The van der Waals surface area contributed by atoms with Crippen LogP contribution in [0, 0.1) is 17.8 Å². The number of hydrogen-bond donors (Lipinski definition) is 1. The van der Waals surface area contributed by atoms with Gasteiger partial charge in [-0.1, -0.05) is 54.1 Å². The van der Waals surface area contributed by atoms with E-state index in [-0.39, 0.29) is 42.1 Å². The van der Waals surface area contributed by atoms with Crippen molar-refractivity contribution in [2.75, 3.05) is 0 Å². The second-order valence-corrected chi connectivity index (χ2v) is 12.6. The molecule has 4 aliphatic rings. The maximum Gasteiger partial charge on any atom is 0.234 e. The Hall–Kier alpha value is -4.56. The molecule has 8 heteroatoms. The molecule has 2 aromatic carbocycles. The number of phenols is 1. The number of benzene rings is 2. The number of carbonyl (C=O) groups is 4. The van der Waals surface area contributed by atoms with Crippen molar-refractivity contribution in [1.82, 2.24) is 4.90 Å². The van der Waals surface area contributed by atoms with Gasteiger partial charge >= 0.3 is 0 Å². The molecule has 1 aromatic heterocycles. The molecule has 43 heavy (non-hydrogen) atoms. The first-order valence-electron chi connectivity index (χ1n) is 14.4. The third-order valence-electron chi connectivity index (χ3n) is 9.11. The normalized spacial score (nSPS) is 24.8. The predicted octanol–water partition coefficient (Wildman–Crippen LogP) is 5.66. The molecule has 0 bridgehead atoms. The highest BCUT2D eigenvalue weighted by Gasteiger charge is 2.56. The highest BCUT2D eigenvalue weighted by atomic mass is 32.1. The van der Waals surface area contributed by atoms with E-state index in [1.807, 2.05) is 53.9 Å². The fourth-order valence-electron chi connectivity index (χ4n) is 7.09. The Bertz CT molecular complexity index is 1770. The zero-order valence-electron chi connectivity index (χ0n) is 23.5. The quantitative estimate of drug-likeness (QED) is 0.226. The van der Waals surface area contributed by atoms with Gasteiger partial charge in [0.05, 0.1) is 18.4 Å². The van der Waals surface area contributed by atoms with Crippen molar-refractivity contribution < 1.29 is 29.0 Å². The molecular weight excluding hydrogens is 562 g/mol. The van der Waals surface area contributed by atoms with Crippen LogP contribution in [-0.2, 0) is 32.3 Å². The number of rotatable bonds is 6. The SMILES string of the molecule is CC1=CC(=O)C2=C(C1=O)C(c1ccc(OCc3ccccc3)cc1O)C1=CCC3C(=O)N(Cc4cccs4)C(=O)C3C1C2. The fourth-order valence-corrected chi connectivity index (χ4v) is 7.79. The van der Waals surface area contributed by atoms with E-state index < -0.39 is 23.7 Å². The highest BCUT2D eigenvalue weighted by molar-refractivity contribution is 7.09. The maximum absolute atomic E-state index is 13.9. The summed E-state index contributed by atoms with van der Waals surface area (Å²) in [5.41, 5.74) is 3.32. The number of carbonyl (C=O) groups excluding carboxylic acids is 4. The Balaban J connectivity index is 1.26. The van der Waals surface area contributed by atoms with Crippen molar-refractivity contribution in [2.45, 2.75) is 38.8 Å². The van der Waals surface area contributed by atoms with Crippen LogP contribution in [0.4, 0.5) is 0 Å². The number of aromatic hydroxyl groups is 1. The number of fused-ring (bicyclic) bond motifs is 3. The molecule has 1 saturated heterocycles. The summed E-state index contributed by atoms with van der Waals surface area (Å²) in [5, 5.41) is 13.3. The van der Waals surface area contributed by atoms with Crippen LogP contribution in [-0.4, -0.2) is 33.4 Å². The molecule has 7 nitrogen and oxygen atoms in total. The van der Waals surface area contributed by atoms with Gasteiger partial charge in [0.15, 0.2) is 11.6 Å². The molecule has 7 rings (SSSR count). The zero-order valence-corrected chi connectivity index (χ0v) is 24.3. The van der Waals surface area contributed by atoms with E-state index in [4.69, 9.17) is 4.74 Å². The fraction of sp³-hybridized carbons (Fsp3) is 0.257. The van der Waals surface area contributed by atoms with E-state index in [0.29, 0.717) is 41.1 Å². The Labute approximate surface area is 252 Å². The summed E-state index contributed by atoms with van der Waals surface area (Å²) >= 11 is 1.49. The maximum atomic E-state index is 13.9. The Morgan fingerprint density at radius 2 is 1.79 bits per heavy atom. The van der Waals surface area contributed by atoms with Crippen molar-refractivity contribution in [2.24, 2.45) is 17.8 Å². The smallest absolute Gasteiger partial charge is 0.234 e. The Morgan fingerprint density at radius 1 is 0.977 bits per heavy atom. The largest absolute Gasteiger partial charge is 0.507 e. The number of thiophene rings is 1. The second-order valence-electron chi connectivity index (χ2n) is 11.6. The van der Waals surface area contributed by atoms with Gasteiger partial charge in [0.25, 0.3) is 0 Å². The van der Waals surface area contributed by atoms with Gasteiger partial charge in [-0.2, -0.15) is 0 Å². The van der Waals surface area contributed by atoms with Crippen molar-refractivity contribution in [3.63, 3.8) is 0 Å². The number of phenolic OH excluding ortho intramolecular Hbond substituents is 1. The van der Waals surface area contributed by atoms with Crippen LogP contribution in [0.5, 0.6) is 11.5 Å². The van der Waals surface area contributed by atoms with E-state index >= 15 is 0 Å². The molecule has 4 unspecified atom stereocenters. The van der Waals surface area contributed by atoms with Crippen LogP contribution < -0.4 is 4.74 Å². The van der Waals surface area contributed by atoms with Crippen LogP contribution in [0.15, 0.2) is 100 Å². The van der Waals surface area contributed by atoms with Crippen LogP contribution in [0.2, 0.25) is 0 Å². The van der Waals surface area contributed by atoms with Crippen LogP contribution in [0.1, 0.15) is 41.7 Å². The minimum absolute atomic E-state index is 0.0633. The monoisotopic (exact) mass is 591 g/mol. The lowest BCUT2D eigenvalue weighted by Gasteiger charge is -2.42. The van der Waals surface area contributed by atoms with Crippen molar-refractivity contribution in [3.05, 3.63) is 116 Å². The summed E-state index contributed by atoms with van der Waals surface area (Å²) < 4.78 is 5.92. The third-order valence-corrected chi connectivity index (χ3v) is 9.97. The summed E-state index contributed by atoms with van der Waals surface area (Å²) in [6.07, 6.45) is 3.89. The van der Waals surface area contributed by atoms with Crippen LogP contribution in [0.3, 0.4) is 0 Å². The van der Waals surface area contributed by atoms with E-state index in [1.54, 1.807) is 19.1 Å². The van der Waals surface area contributed by atoms with Gasteiger partial charge in [0, 0.05) is 39.1 Å². The molecule has 1 N–H and O–H groups in total. The predicted molar refractivity (Wildman–Crippen MR) is 160 cm³/mol. The minimum Gasteiger partial charge on any atom is -0.507 e. The average Bonchev–Trinajstić information content (AvgIpc) is 3.61. The number of nitrogens with zero attached hydrogens (tertiary/aromatic N) is 1. The zero-order chi connectivity index (χ0) is 29.8. The average molecular weight is 592 g/mol. The number of amides is 2. The summed E-state index contributed by atoms with van der Waals surface area (Å²) in [6, 6.07) is 18.5. The molecule has 1 fully saturated rings. The van der Waals surface area contributed by atoms with Crippen molar-refractivity contribution >= 4 is 34.7 Å². The lowest BCUT2D eigenvalue weighted by Crippen LogP contribution is -2.39. The van der Waals surface area contributed by atoms with Gasteiger partial charge in [-0.3, -0.25) is 24.1 Å². The lowest BCUT2D eigenvalue weighted by atomic mass is 9.59. The lowest BCUT2D eigenvalue weighted by molar-refractivity contribution is -0.140. The molecule has 0 radical (unpaired) electrons. The number of likely N-dealkylation sites (tertiary alicyclic amines) is 1. The first kappa shape index (κ1) is 27.3. The van der Waals surface area contributed by atoms with Gasteiger partial charge < -0.3 is 9.84 Å². The van der Waals surface area contributed by atoms with Gasteiger partial charge in [-0.05, 0) is 54.8 Å². The highest BCUT2D eigenvalue weighted by Crippen LogP contribution is 2.56. The molecule has 1 aliphatic heterocycles. The van der Waals surface area contributed by atoms with Gasteiger partial charge in [-0.25, -0.2) is 0 Å². The molecular formula is C35H29NO6S. The molecule has 3 aromatic rings. The Morgan fingerprint density at radius 3 is 2.53 bits per heavy atom. The number of imide groups is 1. The van der Waals surface area contributed by atoms with E-state index in [0.717, 1.165) is 16.0 Å². The number of ether oxygens (including phenoxy) is 1. The summed E-state index contributed by atoms with van der Waals surface area (Å²) in [6.45, 7) is 2.18. The number of hydrogen-bond acceptors (Lipinski definition) is 7. The third kappa shape index (κ3) is 4.57. The van der Waals surface area contributed by atoms with Crippen molar-refractivity contribution in [1.29, 1.82) is 0 Å². The molecule has 2 amide bonds. The van der Waals surface area contributed by atoms with Crippen LogP contribution in [0.25, 0.3) is 0 Å². The second kappa shape index (κ2) is 10.6. The molecule has 0 spiro atoms. The summed E-state index contributed by atoms with van der Waals surface area (Å²) in [4.78, 5) is 56.6. The Kier molecular flexibility index (Phi) is 6.73. The van der Waals surface area contributed by atoms with Gasteiger partial charge in [0.1, 0.15) is 18.1 Å². The molecule has 4 atom stereocenters. The molecule has 2 heterocycles. The molecule has 0 saturated carbocycles. The first-order chi connectivity index (χ1) is 20.8. The number of allylic oxidation sites excluding steroid dienone is 6. The van der Waals surface area contributed by atoms with Gasteiger partial charge in [-0.15, -0.1) is 11.3 Å². The topological polar surface area (TPSA) is 101 Å². The minimum atomic E-state index is -0.716. The van der Waals surface area contributed by atoms with E-state index in [2.05, 4.69) is 0 Å². The number of ketones is 2. The standard InChI is InChI=1S/C35H29NO6S/c1-19-14-28(37)27-16-26-23(11-12-25-31(26)35(41)36(34(25)40)17-22-8-5-13-43-22)30(32(27)33(19)39)24-10-9-21(15-29(24)38)42-18-20-6-3-2-4-7-20/h2-11,13-15,25-26,30-31,38H,12,16-18H2,1H3. The summed E-state index contributed by atoms with van der Waals surface area (Å²) in [5.74, 6) is -2.83. The number of Topliss-reactive ketones (excluding diaryl/α,β-unsaturated/α-hetero) is 1. The first-order valence-corrected chi connectivity index (χ1v) is 15.3. The van der Waals surface area contributed by atoms with E-state index in [1.165, 1.54) is 28.4 Å². The van der Waals surface area contributed by atoms with Crippen LogP contribution >= 0.6 is 11.3 Å². The van der Waals surface area contributed by atoms with Gasteiger partial charge in [0.2, 0.25) is 11.8 Å². The molecule has 216 valence electrons. The summed E-state index contributed by atoms with van der Waals surface area (Å²) in [7, 11) is 0. The van der Waals surface area contributed by atoms with Crippen molar-refractivity contribution in [3.8, 4) is 11.5 Å².